The van der Waals surface area contributed by atoms with Crippen LogP contribution in [0.3, 0.4) is 0 Å². The normalized spacial score (nSPS) is 16.5. The molecule has 0 radical (unpaired) electrons. The molecule has 1 aliphatic heterocycles. The summed E-state index contributed by atoms with van der Waals surface area (Å²) < 4.78 is 9.53. The van der Waals surface area contributed by atoms with E-state index < -0.39 is 5.54 Å². The van der Waals surface area contributed by atoms with Gasteiger partial charge in [-0.05, 0) is 185 Å². The molecule has 68 heavy (non-hydrogen) atoms. The SMILES string of the molecule is Cc1cc(C)c(N2C(c3cc(Oc4cc(-n5c6ccc(C)cc6c6cccnc65)cc(C(C)(C)C)c4)cc(-c4ccccn4)c3)=N[C@]3(C)c4cc(C)cc(C)c4-c4c(C)cc(C)cc4[C@H]23)c(C)c1. The number of anilines is 1. The maximum atomic E-state index is 7.25. The summed E-state index contributed by atoms with van der Waals surface area (Å²) in [4.78, 5) is 18.5. The van der Waals surface area contributed by atoms with Crippen LogP contribution in [0.4, 0.5) is 5.69 Å². The second kappa shape index (κ2) is 15.6. The van der Waals surface area contributed by atoms with E-state index in [0.717, 1.165) is 56.2 Å². The Hall–Kier alpha value is -7.31. The monoisotopic (exact) mass is 889 g/mol. The summed E-state index contributed by atoms with van der Waals surface area (Å²) >= 11 is 0. The lowest BCUT2D eigenvalue weighted by molar-refractivity contribution is 0.423. The topological polar surface area (TPSA) is 55.5 Å². The van der Waals surface area contributed by atoms with Gasteiger partial charge < -0.3 is 9.64 Å². The molecule has 11 rings (SSSR count). The number of pyridine rings is 2. The molecule has 0 spiro atoms. The number of aryl methyl sites for hydroxylation is 8. The number of rotatable bonds is 6. The van der Waals surface area contributed by atoms with Crippen LogP contribution < -0.4 is 9.64 Å². The molecule has 6 aromatic carbocycles. The van der Waals surface area contributed by atoms with Crippen molar-refractivity contribution in [2.24, 2.45) is 4.99 Å². The van der Waals surface area contributed by atoms with Crippen molar-refractivity contribution in [3.05, 3.63) is 200 Å². The fourth-order valence-corrected chi connectivity index (χ4v) is 11.6. The van der Waals surface area contributed by atoms with Gasteiger partial charge in [0.1, 0.15) is 28.5 Å². The van der Waals surface area contributed by atoms with Crippen molar-refractivity contribution in [2.45, 2.75) is 100 Å². The van der Waals surface area contributed by atoms with E-state index in [4.69, 9.17) is 19.7 Å². The van der Waals surface area contributed by atoms with Crippen molar-refractivity contribution in [1.29, 1.82) is 0 Å². The average molecular weight is 890 g/mol. The van der Waals surface area contributed by atoms with Crippen LogP contribution in [0.5, 0.6) is 11.5 Å². The van der Waals surface area contributed by atoms with Crippen LogP contribution in [0.1, 0.15) is 100 Å². The molecule has 0 fully saturated rings. The van der Waals surface area contributed by atoms with E-state index in [1.54, 1.807) is 0 Å². The lowest BCUT2D eigenvalue weighted by Crippen LogP contribution is -2.41. The third-order valence-electron chi connectivity index (χ3n) is 14.4. The predicted molar refractivity (Wildman–Crippen MR) is 282 cm³/mol. The summed E-state index contributed by atoms with van der Waals surface area (Å²) in [5.74, 6) is 2.35. The highest BCUT2D eigenvalue weighted by atomic mass is 16.5. The largest absolute Gasteiger partial charge is 0.457 e. The number of ether oxygens (including phenoxy) is 1. The van der Waals surface area contributed by atoms with Crippen LogP contribution in [0.15, 0.2) is 139 Å². The zero-order valence-corrected chi connectivity index (χ0v) is 41.4. The molecular weight excluding hydrogens is 831 g/mol. The number of hydrogen-bond donors (Lipinski definition) is 0. The third-order valence-corrected chi connectivity index (χ3v) is 14.4. The lowest BCUT2D eigenvalue weighted by Gasteiger charge is -2.44. The van der Waals surface area contributed by atoms with Crippen molar-refractivity contribution in [2.75, 3.05) is 4.90 Å². The first-order valence-electron chi connectivity index (χ1n) is 23.9. The van der Waals surface area contributed by atoms with Crippen LogP contribution in [0, 0.1) is 55.4 Å². The molecule has 0 amide bonds. The van der Waals surface area contributed by atoms with Crippen molar-refractivity contribution < 1.29 is 4.74 Å². The molecule has 0 saturated heterocycles. The standard InChI is InChI=1S/C62H59N5O/c1-35-18-19-54-50(26-35)49-16-15-21-64-60(49)66(54)46-32-45(61(9,10)11)33-48(34-46)68-47-30-43(53-17-13-14-20-63-53)29-44(31-47)59-65-62(12)52-28-38(4)23-40(6)56(52)55-39(5)22-37(3)27-51(55)58(62)67(59)57-41(7)24-36(2)25-42(57)8/h13-34,58H,1-12H3/t58-,62+/m0/s1. The Balaban J connectivity index is 1.16. The van der Waals surface area contributed by atoms with Crippen molar-refractivity contribution in [3.8, 4) is 39.6 Å². The third kappa shape index (κ3) is 6.95. The van der Waals surface area contributed by atoms with Gasteiger partial charge in [-0.15, -0.1) is 0 Å². The highest BCUT2D eigenvalue weighted by molar-refractivity contribution is 6.15. The second-order valence-electron chi connectivity index (χ2n) is 20.9. The highest BCUT2D eigenvalue weighted by Gasteiger charge is 2.53. The number of aromatic nitrogens is 3. The molecule has 6 nitrogen and oxygen atoms in total. The number of fused-ring (bicyclic) bond motifs is 9. The molecular formula is C62H59N5O. The van der Waals surface area contributed by atoms with E-state index in [-0.39, 0.29) is 11.5 Å². The molecule has 0 unspecified atom stereocenters. The molecule has 0 bridgehead atoms. The highest BCUT2D eigenvalue weighted by Crippen LogP contribution is 2.59. The van der Waals surface area contributed by atoms with Crippen LogP contribution in [-0.4, -0.2) is 20.4 Å². The number of aliphatic imine (C=N–C) groups is 1. The fourth-order valence-electron chi connectivity index (χ4n) is 11.6. The zero-order valence-electron chi connectivity index (χ0n) is 41.4. The first-order chi connectivity index (χ1) is 32.5. The van der Waals surface area contributed by atoms with Gasteiger partial charge in [0.2, 0.25) is 0 Å². The van der Waals surface area contributed by atoms with E-state index in [1.165, 1.54) is 77.8 Å². The van der Waals surface area contributed by atoms with Crippen LogP contribution in [-0.2, 0) is 11.0 Å². The molecule has 6 heteroatoms. The summed E-state index contributed by atoms with van der Waals surface area (Å²) in [6.07, 6.45) is 3.74. The maximum absolute atomic E-state index is 7.25. The van der Waals surface area contributed by atoms with E-state index >= 15 is 0 Å². The van der Waals surface area contributed by atoms with Gasteiger partial charge in [-0.3, -0.25) is 14.5 Å². The number of amidine groups is 1. The van der Waals surface area contributed by atoms with Gasteiger partial charge in [0.15, 0.2) is 0 Å². The van der Waals surface area contributed by atoms with Crippen LogP contribution in [0.2, 0.25) is 0 Å². The molecule has 338 valence electrons. The van der Waals surface area contributed by atoms with Crippen LogP contribution in [0.25, 0.3) is 50.0 Å². The average Bonchev–Trinajstić information content (AvgIpc) is 3.78. The minimum atomic E-state index is -0.634. The molecule has 0 saturated carbocycles. The molecule has 2 aliphatic rings. The summed E-state index contributed by atoms with van der Waals surface area (Å²) in [5, 5.41) is 2.30. The zero-order chi connectivity index (χ0) is 47.6. The van der Waals surface area contributed by atoms with Gasteiger partial charge in [-0.1, -0.05) is 91.6 Å². The predicted octanol–water partition coefficient (Wildman–Crippen LogP) is 15.7. The Labute approximate surface area is 401 Å². The minimum Gasteiger partial charge on any atom is -0.457 e. The molecule has 4 heterocycles. The first-order valence-corrected chi connectivity index (χ1v) is 23.9. The summed E-state index contributed by atoms with van der Waals surface area (Å²) in [7, 11) is 0. The fraction of sp³-hybridized carbons (Fsp3) is 0.242. The summed E-state index contributed by atoms with van der Waals surface area (Å²) in [5.41, 5.74) is 22.5. The quantitative estimate of drug-likeness (QED) is 0.167. The Morgan fingerprint density at radius 1 is 0.574 bits per heavy atom. The second-order valence-corrected chi connectivity index (χ2v) is 20.9. The minimum absolute atomic E-state index is 0.127. The molecule has 9 aromatic rings. The Kier molecular flexibility index (Phi) is 9.95. The Bertz CT molecular complexity index is 3570. The van der Waals surface area contributed by atoms with Crippen molar-refractivity contribution in [1.82, 2.24) is 14.5 Å². The summed E-state index contributed by atoms with van der Waals surface area (Å²) in [6, 6.07) is 44.1. The Morgan fingerprint density at radius 3 is 1.99 bits per heavy atom. The van der Waals surface area contributed by atoms with E-state index in [9.17, 15) is 0 Å². The first kappa shape index (κ1) is 43.3. The van der Waals surface area contributed by atoms with Gasteiger partial charge in [0.25, 0.3) is 0 Å². The van der Waals surface area contributed by atoms with Crippen molar-refractivity contribution in [3.63, 3.8) is 0 Å². The molecule has 2 atom stereocenters. The summed E-state index contributed by atoms with van der Waals surface area (Å²) in [6.45, 7) is 27.0. The number of benzene rings is 6. The van der Waals surface area contributed by atoms with Gasteiger partial charge in [0, 0.05) is 46.0 Å². The van der Waals surface area contributed by atoms with Gasteiger partial charge >= 0.3 is 0 Å². The Morgan fingerprint density at radius 2 is 1.25 bits per heavy atom. The van der Waals surface area contributed by atoms with Gasteiger partial charge in [-0.25, -0.2) is 4.98 Å². The van der Waals surface area contributed by atoms with E-state index in [2.05, 4.69) is 196 Å². The van der Waals surface area contributed by atoms with Gasteiger partial charge in [0.05, 0.1) is 22.9 Å². The molecule has 0 N–H and O–H groups in total. The van der Waals surface area contributed by atoms with Crippen molar-refractivity contribution >= 4 is 33.5 Å². The number of nitrogens with zero attached hydrogens (tertiary/aromatic N) is 5. The van der Waals surface area contributed by atoms with E-state index in [0.29, 0.717) is 5.75 Å². The maximum Gasteiger partial charge on any atom is 0.145 e. The smallest absolute Gasteiger partial charge is 0.145 e. The van der Waals surface area contributed by atoms with E-state index in [1.807, 2.05) is 30.6 Å². The number of hydrogen-bond acceptors (Lipinski definition) is 5. The molecule has 3 aromatic heterocycles. The molecule has 1 aliphatic carbocycles. The van der Waals surface area contributed by atoms with Gasteiger partial charge in [-0.2, -0.15) is 0 Å². The van der Waals surface area contributed by atoms with Crippen LogP contribution >= 0.6 is 0 Å². The lowest BCUT2D eigenvalue weighted by atomic mass is 9.68.